The van der Waals surface area contributed by atoms with E-state index in [0.717, 1.165) is 68.6 Å². The number of carbonyl (C=O) groups excluding carboxylic acids is 1. The van der Waals surface area contributed by atoms with Crippen LogP contribution in [0, 0.1) is 5.92 Å². The molecule has 136 valence electrons. The second kappa shape index (κ2) is 7.55. The number of anilines is 1. The van der Waals surface area contributed by atoms with Crippen LogP contribution in [0.2, 0.25) is 5.02 Å². The maximum atomic E-state index is 12.7. The van der Waals surface area contributed by atoms with Crippen LogP contribution in [0.25, 0.3) is 0 Å². The molecule has 1 aliphatic carbocycles. The zero-order valence-electron chi connectivity index (χ0n) is 14.8. The maximum Gasteiger partial charge on any atom is 0.223 e. The van der Waals surface area contributed by atoms with Crippen molar-refractivity contribution in [1.82, 2.24) is 10.2 Å². The molecule has 2 saturated heterocycles. The smallest absolute Gasteiger partial charge is 0.223 e. The fourth-order valence-electron chi connectivity index (χ4n) is 4.31. The Labute approximate surface area is 155 Å². The number of rotatable bonds is 4. The molecule has 4 nitrogen and oxygen atoms in total. The van der Waals surface area contributed by atoms with Gasteiger partial charge in [-0.2, -0.15) is 0 Å². The van der Waals surface area contributed by atoms with Crippen LogP contribution >= 0.6 is 11.6 Å². The standard InChI is InChI=1S/C20H28ClN3O/c21-18-5-1-2-6-19(18)24-11-3-4-16(14-24)22-20(25)15-9-12-23(13-10-15)17-7-8-17/h1-2,5-6,15-17H,3-4,7-14H2,(H,22,25). The van der Waals surface area contributed by atoms with Gasteiger partial charge in [0, 0.05) is 31.1 Å². The average Bonchev–Trinajstić information content (AvgIpc) is 3.48. The number of nitrogens with zero attached hydrogens (tertiary/aromatic N) is 2. The molecule has 5 heteroatoms. The quantitative estimate of drug-likeness (QED) is 0.893. The summed E-state index contributed by atoms with van der Waals surface area (Å²) in [7, 11) is 0. The van der Waals surface area contributed by atoms with Crippen molar-refractivity contribution in [2.75, 3.05) is 31.1 Å². The molecule has 3 aliphatic rings. The molecule has 3 fully saturated rings. The molecule has 1 aromatic rings. The third-order valence-corrected chi connectivity index (χ3v) is 6.24. The Bertz CT molecular complexity index is 611. The SMILES string of the molecule is O=C(NC1CCCN(c2ccccc2Cl)C1)C1CCN(C2CC2)CC1. The average molecular weight is 362 g/mol. The molecule has 1 N–H and O–H groups in total. The second-order valence-electron chi connectivity index (χ2n) is 7.79. The molecule has 25 heavy (non-hydrogen) atoms. The minimum absolute atomic E-state index is 0.200. The highest BCUT2D eigenvalue weighted by Crippen LogP contribution is 2.31. The third kappa shape index (κ3) is 4.12. The molecule has 1 atom stereocenters. The lowest BCUT2D eigenvalue weighted by Gasteiger charge is -2.37. The zero-order chi connectivity index (χ0) is 17.2. The van der Waals surface area contributed by atoms with Crippen LogP contribution in [0.3, 0.4) is 0 Å². The van der Waals surface area contributed by atoms with E-state index in [2.05, 4.69) is 21.2 Å². The first kappa shape index (κ1) is 17.2. The molecule has 2 heterocycles. The van der Waals surface area contributed by atoms with Gasteiger partial charge in [0.2, 0.25) is 5.91 Å². The number of carbonyl (C=O) groups is 1. The van der Waals surface area contributed by atoms with E-state index in [4.69, 9.17) is 11.6 Å². The summed E-state index contributed by atoms with van der Waals surface area (Å²) in [4.78, 5) is 17.6. The molecular weight excluding hydrogens is 334 g/mol. The van der Waals surface area contributed by atoms with Crippen molar-refractivity contribution >= 4 is 23.2 Å². The van der Waals surface area contributed by atoms with Crippen molar-refractivity contribution in [3.8, 4) is 0 Å². The van der Waals surface area contributed by atoms with Crippen LogP contribution in [-0.4, -0.2) is 49.1 Å². The van der Waals surface area contributed by atoms with Crippen LogP contribution < -0.4 is 10.2 Å². The summed E-state index contributed by atoms with van der Waals surface area (Å²) in [6.07, 6.45) is 6.91. The third-order valence-electron chi connectivity index (χ3n) is 5.92. The molecule has 1 amide bonds. The largest absolute Gasteiger partial charge is 0.368 e. The summed E-state index contributed by atoms with van der Waals surface area (Å²) in [5, 5.41) is 4.12. The van der Waals surface area contributed by atoms with Gasteiger partial charge < -0.3 is 15.1 Å². The highest BCUT2D eigenvalue weighted by atomic mass is 35.5. The van der Waals surface area contributed by atoms with Gasteiger partial charge in [0.15, 0.2) is 0 Å². The van der Waals surface area contributed by atoms with Crippen molar-refractivity contribution < 1.29 is 4.79 Å². The Balaban J connectivity index is 1.30. The monoisotopic (exact) mass is 361 g/mol. The van der Waals surface area contributed by atoms with Crippen LogP contribution in [0.1, 0.15) is 38.5 Å². The molecular formula is C20H28ClN3O. The first-order valence-corrected chi connectivity index (χ1v) is 10.1. The van der Waals surface area contributed by atoms with Crippen molar-refractivity contribution in [1.29, 1.82) is 0 Å². The fourth-order valence-corrected chi connectivity index (χ4v) is 4.56. The number of halogens is 1. The van der Waals surface area contributed by atoms with Gasteiger partial charge >= 0.3 is 0 Å². The number of hydrogen-bond donors (Lipinski definition) is 1. The van der Waals surface area contributed by atoms with E-state index < -0.39 is 0 Å². The van der Waals surface area contributed by atoms with Gasteiger partial charge in [-0.15, -0.1) is 0 Å². The minimum Gasteiger partial charge on any atom is -0.368 e. The van der Waals surface area contributed by atoms with Crippen molar-refractivity contribution in [3.63, 3.8) is 0 Å². The van der Waals surface area contributed by atoms with Gasteiger partial charge in [-0.05, 0) is 63.7 Å². The van der Waals surface area contributed by atoms with E-state index in [1.807, 2.05) is 18.2 Å². The lowest BCUT2D eigenvalue weighted by Crippen LogP contribution is -2.50. The number of para-hydroxylation sites is 1. The molecule has 0 spiro atoms. The predicted molar refractivity (Wildman–Crippen MR) is 102 cm³/mol. The first-order chi connectivity index (χ1) is 12.2. The lowest BCUT2D eigenvalue weighted by molar-refractivity contribution is -0.127. The maximum absolute atomic E-state index is 12.7. The van der Waals surface area contributed by atoms with Crippen LogP contribution in [0.4, 0.5) is 5.69 Å². The predicted octanol–water partition coefficient (Wildman–Crippen LogP) is 3.30. The molecule has 0 aromatic heterocycles. The van der Waals surface area contributed by atoms with Gasteiger partial charge in [-0.3, -0.25) is 4.79 Å². The van der Waals surface area contributed by atoms with Crippen LogP contribution in [0.15, 0.2) is 24.3 Å². The first-order valence-electron chi connectivity index (χ1n) is 9.74. The molecule has 0 bridgehead atoms. The molecule has 4 rings (SSSR count). The molecule has 1 unspecified atom stereocenters. The van der Waals surface area contributed by atoms with E-state index >= 15 is 0 Å². The molecule has 2 aliphatic heterocycles. The fraction of sp³-hybridized carbons (Fsp3) is 0.650. The Morgan fingerprint density at radius 3 is 2.52 bits per heavy atom. The Morgan fingerprint density at radius 1 is 1.04 bits per heavy atom. The molecule has 0 radical (unpaired) electrons. The molecule has 1 aromatic carbocycles. The summed E-state index contributed by atoms with van der Waals surface area (Å²) in [6.45, 7) is 4.06. The van der Waals surface area contributed by atoms with Gasteiger partial charge in [-0.25, -0.2) is 0 Å². The summed E-state index contributed by atoms with van der Waals surface area (Å²) in [5.74, 6) is 0.465. The normalized spacial score (nSPS) is 25.8. The topological polar surface area (TPSA) is 35.6 Å². The molecule has 1 saturated carbocycles. The number of nitrogens with one attached hydrogen (secondary N) is 1. The van der Waals surface area contributed by atoms with Crippen molar-refractivity contribution in [2.24, 2.45) is 5.92 Å². The van der Waals surface area contributed by atoms with E-state index in [1.54, 1.807) is 0 Å². The number of likely N-dealkylation sites (tertiary alicyclic amines) is 1. The van der Waals surface area contributed by atoms with Crippen LogP contribution in [0.5, 0.6) is 0 Å². The summed E-state index contributed by atoms with van der Waals surface area (Å²) < 4.78 is 0. The van der Waals surface area contributed by atoms with Gasteiger partial charge in [-0.1, -0.05) is 23.7 Å². The minimum atomic E-state index is 0.200. The highest BCUT2D eigenvalue weighted by Gasteiger charge is 2.34. The van der Waals surface area contributed by atoms with Gasteiger partial charge in [0.05, 0.1) is 10.7 Å². The Morgan fingerprint density at radius 2 is 1.80 bits per heavy atom. The zero-order valence-corrected chi connectivity index (χ0v) is 15.5. The van der Waals surface area contributed by atoms with Gasteiger partial charge in [0.25, 0.3) is 0 Å². The van der Waals surface area contributed by atoms with E-state index in [-0.39, 0.29) is 17.9 Å². The van der Waals surface area contributed by atoms with Crippen molar-refractivity contribution in [3.05, 3.63) is 29.3 Å². The van der Waals surface area contributed by atoms with E-state index in [0.29, 0.717) is 0 Å². The number of benzene rings is 1. The number of piperidine rings is 2. The summed E-state index contributed by atoms with van der Waals surface area (Å²) in [6, 6.07) is 9.05. The highest BCUT2D eigenvalue weighted by molar-refractivity contribution is 6.33. The van der Waals surface area contributed by atoms with Gasteiger partial charge in [0.1, 0.15) is 0 Å². The Kier molecular flexibility index (Phi) is 5.18. The van der Waals surface area contributed by atoms with Crippen molar-refractivity contribution in [2.45, 2.75) is 50.6 Å². The van der Waals surface area contributed by atoms with Crippen LogP contribution in [-0.2, 0) is 4.79 Å². The van der Waals surface area contributed by atoms with E-state index in [1.165, 1.54) is 12.8 Å². The summed E-state index contributed by atoms with van der Waals surface area (Å²) >= 11 is 6.34. The van der Waals surface area contributed by atoms with E-state index in [9.17, 15) is 4.79 Å². The number of hydrogen-bond acceptors (Lipinski definition) is 3. The summed E-state index contributed by atoms with van der Waals surface area (Å²) in [5.41, 5.74) is 1.08. The Hall–Kier alpha value is -1.26. The number of amides is 1. The second-order valence-corrected chi connectivity index (χ2v) is 8.19. The lowest BCUT2D eigenvalue weighted by atomic mass is 9.94.